The Morgan fingerprint density at radius 2 is 1.82 bits per heavy atom. The number of azo groups is 1. The topological polar surface area (TPSA) is 89.4 Å². The van der Waals surface area contributed by atoms with E-state index in [-0.39, 0.29) is 0 Å². The summed E-state index contributed by atoms with van der Waals surface area (Å²) < 4.78 is 10.3. The molecule has 0 bridgehead atoms. The van der Waals surface area contributed by atoms with Gasteiger partial charge in [-0.2, -0.15) is 10.2 Å². The van der Waals surface area contributed by atoms with E-state index in [9.17, 15) is 0 Å². The van der Waals surface area contributed by atoms with Crippen molar-refractivity contribution in [2.75, 3.05) is 12.8 Å². The van der Waals surface area contributed by atoms with Gasteiger partial charge in [-0.1, -0.05) is 0 Å². The number of rotatable bonds is 5. The van der Waals surface area contributed by atoms with Crippen molar-refractivity contribution in [1.29, 1.82) is 0 Å². The van der Waals surface area contributed by atoms with Crippen molar-refractivity contribution in [3.63, 3.8) is 0 Å². The first-order valence-corrected chi connectivity index (χ1v) is 6.80. The summed E-state index contributed by atoms with van der Waals surface area (Å²) in [7, 11) is 1.56. The van der Waals surface area contributed by atoms with Crippen molar-refractivity contribution < 1.29 is 14.6 Å². The fraction of sp³-hybridized carbons (Fsp3) is 0.250. The normalized spacial score (nSPS) is 12.4. The van der Waals surface area contributed by atoms with Crippen LogP contribution in [0.2, 0.25) is 0 Å². The van der Waals surface area contributed by atoms with E-state index < -0.39 is 6.29 Å². The summed E-state index contributed by atoms with van der Waals surface area (Å²) in [4.78, 5) is 0. The number of anilines is 1. The van der Waals surface area contributed by atoms with E-state index in [1.165, 1.54) is 0 Å². The summed E-state index contributed by atoms with van der Waals surface area (Å²) in [6.07, 6.45) is -0.850. The maximum absolute atomic E-state index is 9.14. The Balaban J connectivity index is 2.18. The van der Waals surface area contributed by atoms with Gasteiger partial charge in [-0.15, -0.1) is 0 Å². The number of nitrogen functional groups attached to an aromatic ring is 1. The molecule has 22 heavy (non-hydrogen) atoms. The van der Waals surface area contributed by atoms with E-state index >= 15 is 0 Å². The zero-order valence-corrected chi connectivity index (χ0v) is 12.8. The summed E-state index contributed by atoms with van der Waals surface area (Å²) in [5.41, 5.74) is 8.68. The number of methoxy groups -OCH3 is 1. The highest BCUT2D eigenvalue weighted by Crippen LogP contribution is 2.31. The molecule has 1 unspecified atom stereocenters. The average molecular weight is 301 g/mol. The number of aliphatic hydroxyl groups is 1. The van der Waals surface area contributed by atoms with Gasteiger partial charge in [0, 0.05) is 6.07 Å². The average Bonchev–Trinajstić information content (AvgIpc) is 2.47. The molecular formula is C16H19N3O3. The van der Waals surface area contributed by atoms with Crippen molar-refractivity contribution in [3.05, 3.63) is 42.0 Å². The number of aryl methyl sites for hydroxylation is 1. The zero-order chi connectivity index (χ0) is 16.1. The first-order chi connectivity index (χ1) is 10.5. The Labute approximate surface area is 129 Å². The number of benzene rings is 2. The molecule has 0 heterocycles. The van der Waals surface area contributed by atoms with Crippen LogP contribution in [0.1, 0.15) is 12.5 Å². The van der Waals surface area contributed by atoms with E-state index in [0.717, 1.165) is 5.56 Å². The lowest BCUT2D eigenvalue weighted by Crippen LogP contribution is -2.09. The van der Waals surface area contributed by atoms with Crippen LogP contribution in [-0.2, 0) is 0 Å². The predicted octanol–water partition coefficient (Wildman–Crippen LogP) is 3.72. The number of nitrogens with zero attached hydrogens (tertiary/aromatic N) is 2. The van der Waals surface area contributed by atoms with Crippen molar-refractivity contribution in [3.8, 4) is 11.5 Å². The van der Waals surface area contributed by atoms with Gasteiger partial charge in [-0.3, -0.25) is 0 Å². The molecule has 0 aliphatic heterocycles. The number of nitrogens with two attached hydrogens (primary N) is 1. The molecule has 116 valence electrons. The van der Waals surface area contributed by atoms with Crippen LogP contribution in [0.3, 0.4) is 0 Å². The molecular weight excluding hydrogens is 282 g/mol. The van der Waals surface area contributed by atoms with Crippen molar-refractivity contribution in [2.24, 2.45) is 10.2 Å². The van der Waals surface area contributed by atoms with Crippen LogP contribution >= 0.6 is 0 Å². The summed E-state index contributed by atoms with van der Waals surface area (Å²) in [6, 6.07) is 10.5. The van der Waals surface area contributed by atoms with Gasteiger partial charge in [0.1, 0.15) is 11.5 Å². The Morgan fingerprint density at radius 1 is 1.14 bits per heavy atom. The van der Waals surface area contributed by atoms with Gasteiger partial charge >= 0.3 is 0 Å². The van der Waals surface area contributed by atoms with Crippen LogP contribution in [0.15, 0.2) is 46.6 Å². The van der Waals surface area contributed by atoms with E-state index in [1.807, 2.05) is 6.92 Å². The molecule has 0 saturated carbocycles. The summed E-state index contributed by atoms with van der Waals surface area (Å²) in [5, 5.41) is 17.5. The molecule has 6 heteroatoms. The molecule has 0 saturated heterocycles. The summed E-state index contributed by atoms with van der Waals surface area (Å²) in [5.74, 6) is 1.14. The van der Waals surface area contributed by atoms with E-state index in [4.69, 9.17) is 20.3 Å². The molecule has 1 atom stereocenters. The maximum atomic E-state index is 9.14. The number of hydrogen-bond acceptors (Lipinski definition) is 6. The lowest BCUT2D eigenvalue weighted by molar-refractivity contribution is -0.000283. The molecule has 0 aliphatic carbocycles. The second kappa shape index (κ2) is 6.91. The highest BCUT2D eigenvalue weighted by Gasteiger charge is 2.05. The molecule has 2 aromatic carbocycles. The van der Waals surface area contributed by atoms with Crippen LogP contribution in [-0.4, -0.2) is 18.5 Å². The van der Waals surface area contributed by atoms with Crippen LogP contribution in [0.4, 0.5) is 17.1 Å². The first kappa shape index (κ1) is 15.8. The largest absolute Gasteiger partial charge is 0.495 e. The van der Waals surface area contributed by atoms with Crippen molar-refractivity contribution >= 4 is 17.1 Å². The molecule has 3 N–H and O–H groups in total. The van der Waals surface area contributed by atoms with Crippen LogP contribution in [0.5, 0.6) is 11.5 Å². The third-order valence-corrected chi connectivity index (χ3v) is 2.96. The quantitative estimate of drug-likeness (QED) is 0.500. The first-order valence-electron chi connectivity index (χ1n) is 6.80. The summed E-state index contributed by atoms with van der Waals surface area (Å²) in [6.45, 7) is 3.45. The molecule has 0 spiro atoms. The third kappa shape index (κ3) is 3.95. The second-order valence-electron chi connectivity index (χ2n) is 4.79. The van der Waals surface area contributed by atoms with Gasteiger partial charge in [-0.05, 0) is 49.7 Å². The van der Waals surface area contributed by atoms with Crippen molar-refractivity contribution in [1.82, 2.24) is 0 Å². The van der Waals surface area contributed by atoms with Gasteiger partial charge in [0.15, 0.2) is 6.29 Å². The fourth-order valence-electron chi connectivity index (χ4n) is 1.88. The summed E-state index contributed by atoms with van der Waals surface area (Å²) >= 11 is 0. The van der Waals surface area contributed by atoms with Gasteiger partial charge in [0.25, 0.3) is 0 Å². The standard InChI is InChI=1S/C16H19N3O3/c1-10-8-14(17)16(21-3)9-15(10)19-18-12-4-6-13(7-5-12)22-11(2)20/h4-9,11,20H,17H2,1-3H3/b19-18+. The zero-order valence-electron chi connectivity index (χ0n) is 12.8. The van der Waals surface area contributed by atoms with E-state index in [0.29, 0.717) is 28.6 Å². The van der Waals surface area contributed by atoms with Crippen molar-refractivity contribution in [2.45, 2.75) is 20.1 Å². The Kier molecular flexibility index (Phi) is 4.95. The lowest BCUT2D eigenvalue weighted by atomic mass is 10.1. The van der Waals surface area contributed by atoms with Crippen LogP contribution < -0.4 is 15.2 Å². The Bertz CT molecular complexity index is 667. The van der Waals surface area contributed by atoms with Gasteiger partial charge in [0.05, 0.1) is 24.2 Å². The van der Waals surface area contributed by atoms with Gasteiger partial charge < -0.3 is 20.3 Å². The SMILES string of the molecule is COc1cc(/N=N/c2ccc(OC(C)O)cc2)c(C)cc1N. The molecule has 0 aromatic heterocycles. The number of hydrogen-bond donors (Lipinski definition) is 2. The minimum absolute atomic E-state index is 0.568. The monoisotopic (exact) mass is 301 g/mol. The second-order valence-corrected chi connectivity index (χ2v) is 4.79. The molecule has 6 nitrogen and oxygen atoms in total. The Morgan fingerprint density at radius 3 is 2.41 bits per heavy atom. The highest BCUT2D eigenvalue weighted by atomic mass is 16.6. The molecule has 2 rings (SSSR count). The van der Waals surface area contributed by atoms with E-state index in [2.05, 4.69) is 10.2 Å². The van der Waals surface area contributed by atoms with Gasteiger partial charge in [-0.25, -0.2) is 0 Å². The molecule has 0 aliphatic rings. The minimum atomic E-state index is -0.850. The highest BCUT2D eigenvalue weighted by molar-refractivity contribution is 5.63. The van der Waals surface area contributed by atoms with Crippen LogP contribution in [0.25, 0.3) is 0 Å². The molecule has 0 amide bonds. The molecule has 0 fully saturated rings. The smallest absolute Gasteiger partial charge is 0.194 e. The number of aliphatic hydroxyl groups excluding tert-OH is 1. The van der Waals surface area contributed by atoms with Gasteiger partial charge in [0.2, 0.25) is 0 Å². The fourth-order valence-corrected chi connectivity index (χ4v) is 1.88. The predicted molar refractivity (Wildman–Crippen MR) is 85.1 cm³/mol. The maximum Gasteiger partial charge on any atom is 0.194 e. The Hall–Kier alpha value is -2.60. The van der Waals surface area contributed by atoms with E-state index in [1.54, 1.807) is 50.4 Å². The number of ether oxygens (including phenoxy) is 2. The molecule has 2 aromatic rings. The molecule has 0 radical (unpaired) electrons. The third-order valence-electron chi connectivity index (χ3n) is 2.96. The minimum Gasteiger partial charge on any atom is -0.495 e. The lowest BCUT2D eigenvalue weighted by Gasteiger charge is -2.08. The van der Waals surface area contributed by atoms with Crippen LogP contribution in [0, 0.1) is 6.92 Å².